The number of ether oxygens (including phenoxy) is 2. The summed E-state index contributed by atoms with van der Waals surface area (Å²) in [4.78, 5) is 4.10. The van der Waals surface area contributed by atoms with E-state index in [9.17, 15) is 0 Å². The van der Waals surface area contributed by atoms with E-state index in [1.54, 1.807) is 42.9 Å². The van der Waals surface area contributed by atoms with Crippen molar-refractivity contribution in [2.45, 2.75) is 26.0 Å². The van der Waals surface area contributed by atoms with E-state index in [4.69, 9.17) is 44.3 Å². The van der Waals surface area contributed by atoms with Gasteiger partial charge in [-0.25, -0.2) is 4.98 Å². The Balaban J connectivity index is 1.86. The van der Waals surface area contributed by atoms with Crippen molar-refractivity contribution in [3.63, 3.8) is 0 Å². The summed E-state index contributed by atoms with van der Waals surface area (Å²) in [6.45, 7) is 2.71. The van der Waals surface area contributed by atoms with Gasteiger partial charge in [0, 0.05) is 30.4 Å². The van der Waals surface area contributed by atoms with Gasteiger partial charge in [0.2, 0.25) is 0 Å². The molecule has 0 N–H and O–H groups in total. The summed E-state index contributed by atoms with van der Waals surface area (Å²) in [6.07, 6.45) is 6.59. The van der Waals surface area contributed by atoms with Crippen molar-refractivity contribution in [3.8, 4) is 11.5 Å². The lowest BCUT2D eigenvalue weighted by Crippen LogP contribution is -2.15. The van der Waals surface area contributed by atoms with Gasteiger partial charge in [0.25, 0.3) is 0 Å². The molecule has 0 spiro atoms. The molecule has 3 rings (SSSR count). The highest BCUT2D eigenvalue weighted by Gasteiger charge is 2.18. The zero-order chi connectivity index (χ0) is 19.2. The van der Waals surface area contributed by atoms with Crippen molar-refractivity contribution in [3.05, 3.63) is 75.8 Å². The summed E-state index contributed by atoms with van der Waals surface area (Å²) in [5.74, 6) is 1.02. The van der Waals surface area contributed by atoms with Crippen LogP contribution in [0.15, 0.2) is 55.1 Å². The van der Waals surface area contributed by atoms with E-state index in [0.717, 1.165) is 12.0 Å². The van der Waals surface area contributed by atoms with E-state index in [1.165, 1.54) is 0 Å². The largest absolute Gasteiger partial charge is 0.454 e. The lowest BCUT2D eigenvalue weighted by Gasteiger charge is -2.21. The third-order valence-electron chi connectivity index (χ3n) is 3.93. The molecule has 0 aliphatic rings. The molecule has 0 saturated carbocycles. The summed E-state index contributed by atoms with van der Waals surface area (Å²) in [6, 6.07) is 10.7. The molecule has 0 bridgehead atoms. The molecule has 4 nitrogen and oxygen atoms in total. The minimum Gasteiger partial charge on any atom is -0.454 e. The minimum atomic E-state index is -0.213. The first-order valence-electron chi connectivity index (χ1n) is 8.57. The number of benzene rings is 2. The van der Waals surface area contributed by atoms with Gasteiger partial charge < -0.3 is 14.0 Å². The molecular formula is C20H19Cl3N2O2. The van der Waals surface area contributed by atoms with Crippen molar-refractivity contribution in [1.82, 2.24) is 9.55 Å². The quantitative estimate of drug-likeness (QED) is 0.398. The van der Waals surface area contributed by atoms with Crippen LogP contribution in [0.3, 0.4) is 0 Å². The zero-order valence-electron chi connectivity index (χ0n) is 14.7. The van der Waals surface area contributed by atoms with E-state index >= 15 is 0 Å². The van der Waals surface area contributed by atoms with E-state index < -0.39 is 0 Å². The highest BCUT2D eigenvalue weighted by molar-refractivity contribution is 6.37. The van der Waals surface area contributed by atoms with Crippen LogP contribution in [0.5, 0.6) is 11.5 Å². The van der Waals surface area contributed by atoms with Crippen molar-refractivity contribution >= 4 is 34.8 Å². The lowest BCUT2D eigenvalue weighted by atomic mass is 10.1. The Kier molecular flexibility index (Phi) is 7.02. The second-order valence-electron chi connectivity index (χ2n) is 5.95. The Hall–Kier alpha value is -1.72. The Labute approximate surface area is 173 Å². The summed E-state index contributed by atoms with van der Waals surface area (Å²) in [7, 11) is 0. The predicted molar refractivity (Wildman–Crippen MR) is 109 cm³/mol. The molecule has 0 fully saturated rings. The summed E-state index contributed by atoms with van der Waals surface area (Å²) >= 11 is 18.9. The monoisotopic (exact) mass is 424 g/mol. The van der Waals surface area contributed by atoms with Crippen LogP contribution in [0.2, 0.25) is 15.1 Å². The van der Waals surface area contributed by atoms with Gasteiger partial charge in [0.1, 0.15) is 12.0 Å². The fourth-order valence-electron chi connectivity index (χ4n) is 2.58. The van der Waals surface area contributed by atoms with Gasteiger partial charge in [-0.15, -0.1) is 0 Å². The van der Waals surface area contributed by atoms with Gasteiger partial charge in [0.05, 0.1) is 16.4 Å². The topological polar surface area (TPSA) is 36.3 Å². The third-order valence-corrected chi connectivity index (χ3v) is 4.89. The van der Waals surface area contributed by atoms with Gasteiger partial charge in [-0.2, -0.15) is 0 Å². The van der Waals surface area contributed by atoms with Crippen LogP contribution in [-0.2, 0) is 11.2 Å². The maximum Gasteiger partial charge on any atom is 0.164 e. The van der Waals surface area contributed by atoms with Gasteiger partial charge in [-0.1, -0.05) is 47.8 Å². The molecule has 3 aromatic rings. The molecule has 0 saturated heterocycles. The fraction of sp³-hybridized carbons (Fsp3) is 0.250. The molecule has 0 amide bonds. The summed E-state index contributed by atoms with van der Waals surface area (Å²) in [5.41, 5.74) is 0.875. The zero-order valence-corrected chi connectivity index (χ0v) is 17.0. The smallest absolute Gasteiger partial charge is 0.164 e. The number of hydrogen-bond acceptors (Lipinski definition) is 3. The number of halogens is 3. The average molecular weight is 426 g/mol. The SMILES string of the molecule is CCCOC(Cc1ccc(Cl)c(Oc2ccc(Cl)cc2)c1Cl)n1ccnc1. The molecule has 1 atom stereocenters. The van der Waals surface area contributed by atoms with Crippen molar-refractivity contribution in [2.24, 2.45) is 0 Å². The molecule has 1 aromatic heterocycles. The number of hydrogen-bond donors (Lipinski definition) is 0. The Morgan fingerprint density at radius 1 is 1.07 bits per heavy atom. The van der Waals surface area contributed by atoms with Crippen molar-refractivity contribution in [2.75, 3.05) is 6.61 Å². The standard InChI is InChI=1S/C20H19Cl3N2O2/c1-2-11-26-18(25-10-9-24-13-25)12-14-3-8-17(22)20(19(14)23)27-16-6-4-15(21)5-7-16/h3-10,13,18H,2,11-12H2,1H3. The Bertz CT molecular complexity index is 868. The van der Waals surface area contributed by atoms with Crippen LogP contribution in [0, 0.1) is 0 Å². The van der Waals surface area contributed by atoms with E-state index in [1.807, 2.05) is 16.8 Å². The average Bonchev–Trinajstić information content (AvgIpc) is 3.20. The molecule has 0 aliphatic heterocycles. The maximum absolute atomic E-state index is 6.62. The first kappa shape index (κ1) is 20.0. The normalized spacial score (nSPS) is 12.1. The van der Waals surface area contributed by atoms with Crippen molar-refractivity contribution < 1.29 is 9.47 Å². The lowest BCUT2D eigenvalue weighted by molar-refractivity contribution is 0.00303. The number of nitrogens with zero attached hydrogens (tertiary/aromatic N) is 2. The van der Waals surface area contributed by atoms with Crippen LogP contribution in [0.4, 0.5) is 0 Å². The van der Waals surface area contributed by atoms with Crippen LogP contribution < -0.4 is 4.74 Å². The third kappa shape index (κ3) is 5.17. The van der Waals surface area contributed by atoms with Gasteiger partial charge >= 0.3 is 0 Å². The van der Waals surface area contributed by atoms with Crippen molar-refractivity contribution in [1.29, 1.82) is 0 Å². The summed E-state index contributed by atoms with van der Waals surface area (Å²) < 4.78 is 13.8. The molecule has 0 aliphatic carbocycles. The maximum atomic E-state index is 6.62. The first-order chi connectivity index (χ1) is 13.1. The Morgan fingerprint density at radius 2 is 1.85 bits per heavy atom. The molecule has 2 aromatic carbocycles. The van der Waals surface area contributed by atoms with Crippen LogP contribution in [0.1, 0.15) is 25.1 Å². The van der Waals surface area contributed by atoms with Gasteiger partial charge in [0.15, 0.2) is 5.75 Å². The number of imidazole rings is 1. The van der Waals surface area contributed by atoms with Gasteiger partial charge in [-0.3, -0.25) is 0 Å². The molecule has 142 valence electrons. The van der Waals surface area contributed by atoms with Gasteiger partial charge in [-0.05, 0) is 42.3 Å². The van der Waals surface area contributed by atoms with E-state index in [0.29, 0.717) is 39.6 Å². The second-order valence-corrected chi connectivity index (χ2v) is 7.17. The highest BCUT2D eigenvalue weighted by atomic mass is 35.5. The predicted octanol–water partition coefficient (Wildman–Crippen LogP) is 6.80. The molecule has 27 heavy (non-hydrogen) atoms. The van der Waals surface area contributed by atoms with Crippen LogP contribution in [0.25, 0.3) is 0 Å². The minimum absolute atomic E-state index is 0.213. The molecule has 7 heteroatoms. The van der Waals surface area contributed by atoms with E-state index in [-0.39, 0.29) is 6.23 Å². The molecule has 0 radical (unpaired) electrons. The molecular weight excluding hydrogens is 407 g/mol. The van der Waals surface area contributed by atoms with E-state index in [2.05, 4.69) is 11.9 Å². The molecule has 1 heterocycles. The van der Waals surface area contributed by atoms with Crippen LogP contribution >= 0.6 is 34.8 Å². The highest BCUT2D eigenvalue weighted by Crippen LogP contribution is 2.40. The fourth-order valence-corrected chi connectivity index (χ4v) is 3.23. The number of aromatic nitrogens is 2. The Morgan fingerprint density at radius 3 is 2.52 bits per heavy atom. The molecule has 1 unspecified atom stereocenters. The second kappa shape index (κ2) is 9.47. The van der Waals surface area contributed by atoms with Crippen LogP contribution in [-0.4, -0.2) is 16.2 Å². The summed E-state index contributed by atoms with van der Waals surface area (Å²) in [5, 5.41) is 1.53. The number of rotatable bonds is 8. The first-order valence-corrected chi connectivity index (χ1v) is 9.71.